The summed E-state index contributed by atoms with van der Waals surface area (Å²) >= 11 is 6.34. The zero-order valence-corrected chi connectivity index (χ0v) is 13.3. The van der Waals surface area contributed by atoms with Crippen LogP contribution >= 0.6 is 11.6 Å². The van der Waals surface area contributed by atoms with Crippen LogP contribution in [0.3, 0.4) is 0 Å². The molecule has 0 radical (unpaired) electrons. The molecule has 3 nitrogen and oxygen atoms in total. The first-order chi connectivity index (χ1) is 10.5. The number of ether oxygens (including phenoxy) is 1. The van der Waals surface area contributed by atoms with Gasteiger partial charge < -0.3 is 9.84 Å². The van der Waals surface area contributed by atoms with Gasteiger partial charge in [0.05, 0.1) is 5.02 Å². The van der Waals surface area contributed by atoms with E-state index >= 15 is 0 Å². The summed E-state index contributed by atoms with van der Waals surface area (Å²) < 4.78 is 5.24. The normalized spacial score (nSPS) is 35.6. The maximum Gasteiger partial charge on any atom is 0.341 e. The Hall–Kier alpha value is -1.22. The lowest BCUT2D eigenvalue weighted by atomic mass is 9.48. The number of benzene rings is 1. The van der Waals surface area contributed by atoms with Crippen molar-refractivity contribution in [2.45, 2.75) is 43.9 Å². The van der Waals surface area contributed by atoms with Crippen LogP contribution in [-0.2, 0) is 10.2 Å². The highest BCUT2D eigenvalue weighted by Gasteiger charge is 2.51. The lowest BCUT2D eigenvalue weighted by Gasteiger charge is -2.57. The lowest BCUT2D eigenvalue weighted by molar-refractivity contribution is -0.139. The van der Waals surface area contributed by atoms with Gasteiger partial charge in [-0.15, -0.1) is 0 Å². The summed E-state index contributed by atoms with van der Waals surface area (Å²) in [5.41, 5.74) is 1.64. The Morgan fingerprint density at radius 3 is 2.27 bits per heavy atom. The number of carboxylic acid groups (broad SMARTS) is 1. The van der Waals surface area contributed by atoms with E-state index in [-0.39, 0.29) is 6.61 Å². The molecule has 0 spiro atoms. The third kappa shape index (κ3) is 2.40. The molecule has 4 aliphatic rings. The molecule has 4 heteroatoms. The van der Waals surface area contributed by atoms with Crippen LogP contribution in [-0.4, -0.2) is 17.7 Å². The first kappa shape index (κ1) is 14.4. The number of carboxylic acids is 1. The minimum atomic E-state index is -0.985. The third-order valence-corrected chi connectivity index (χ3v) is 6.23. The second kappa shape index (κ2) is 5.16. The lowest BCUT2D eigenvalue weighted by Crippen LogP contribution is -2.48. The predicted octanol–water partition coefficient (Wildman–Crippen LogP) is 4.27. The summed E-state index contributed by atoms with van der Waals surface area (Å²) in [6, 6.07) is 5.97. The highest BCUT2D eigenvalue weighted by atomic mass is 35.5. The molecule has 1 N–H and O–H groups in total. The fourth-order valence-corrected chi connectivity index (χ4v) is 5.79. The van der Waals surface area contributed by atoms with Gasteiger partial charge in [-0.25, -0.2) is 4.79 Å². The monoisotopic (exact) mass is 320 g/mol. The highest BCUT2D eigenvalue weighted by Crippen LogP contribution is 2.61. The molecule has 0 heterocycles. The van der Waals surface area contributed by atoms with Gasteiger partial charge in [-0.1, -0.05) is 17.7 Å². The quantitative estimate of drug-likeness (QED) is 0.901. The molecule has 4 saturated carbocycles. The summed E-state index contributed by atoms with van der Waals surface area (Å²) in [5, 5.41) is 9.24. The number of rotatable bonds is 4. The Bertz CT molecular complexity index is 575. The Kier molecular flexibility index (Phi) is 3.37. The van der Waals surface area contributed by atoms with E-state index in [1.54, 1.807) is 0 Å². The molecule has 4 fully saturated rings. The number of carbonyl (C=O) groups is 1. The SMILES string of the molecule is O=C(O)COc1ccc(C23CC4CC(CC(C4)C2)C3)cc1Cl. The molecule has 118 valence electrons. The van der Waals surface area contributed by atoms with E-state index in [1.807, 2.05) is 12.1 Å². The van der Waals surface area contributed by atoms with Crippen molar-refractivity contribution < 1.29 is 14.6 Å². The minimum absolute atomic E-state index is 0.309. The van der Waals surface area contributed by atoms with Gasteiger partial charge in [0.2, 0.25) is 0 Å². The molecule has 0 atom stereocenters. The molecule has 1 aromatic carbocycles. The van der Waals surface area contributed by atoms with E-state index in [0.717, 1.165) is 17.8 Å². The van der Waals surface area contributed by atoms with E-state index < -0.39 is 5.97 Å². The van der Waals surface area contributed by atoms with Crippen molar-refractivity contribution in [1.29, 1.82) is 0 Å². The van der Waals surface area contributed by atoms with Gasteiger partial charge in [0.25, 0.3) is 0 Å². The van der Waals surface area contributed by atoms with Crippen LogP contribution in [0.2, 0.25) is 5.02 Å². The van der Waals surface area contributed by atoms with Crippen LogP contribution < -0.4 is 4.74 Å². The zero-order chi connectivity index (χ0) is 15.3. The fraction of sp³-hybridized carbons (Fsp3) is 0.611. The van der Waals surface area contributed by atoms with E-state index in [9.17, 15) is 4.79 Å². The van der Waals surface area contributed by atoms with Crippen molar-refractivity contribution >= 4 is 17.6 Å². The molecule has 4 bridgehead atoms. The van der Waals surface area contributed by atoms with Gasteiger partial charge in [0, 0.05) is 0 Å². The Morgan fingerprint density at radius 1 is 1.18 bits per heavy atom. The van der Waals surface area contributed by atoms with Crippen molar-refractivity contribution in [3.63, 3.8) is 0 Å². The van der Waals surface area contributed by atoms with E-state index in [1.165, 1.54) is 44.1 Å². The van der Waals surface area contributed by atoms with E-state index in [2.05, 4.69) is 6.07 Å². The molecule has 5 rings (SSSR count). The topological polar surface area (TPSA) is 46.5 Å². The number of hydrogen-bond donors (Lipinski definition) is 1. The zero-order valence-electron chi connectivity index (χ0n) is 12.6. The Labute approximate surface area is 135 Å². The summed E-state index contributed by atoms with van der Waals surface area (Å²) in [6.07, 6.45) is 8.16. The molecular weight excluding hydrogens is 300 g/mol. The largest absolute Gasteiger partial charge is 0.480 e. The van der Waals surface area contributed by atoms with Crippen LogP contribution in [0, 0.1) is 17.8 Å². The molecule has 4 aliphatic carbocycles. The number of aliphatic carboxylic acids is 1. The number of hydrogen-bond acceptors (Lipinski definition) is 2. The van der Waals surface area contributed by atoms with E-state index in [0.29, 0.717) is 16.2 Å². The second-order valence-electron chi connectivity index (χ2n) is 7.53. The van der Waals surface area contributed by atoms with Gasteiger partial charge in [-0.3, -0.25) is 0 Å². The summed E-state index contributed by atoms with van der Waals surface area (Å²) in [6.45, 7) is -0.351. The summed E-state index contributed by atoms with van der Waals surface area (Å²) in [5.74, 6) is 2.17. The maximum absolute atomic E-state index is 10.6. The molecule has 0 unspecified atom stereocenters. The van der Waals surface area contributed by atoms with Crippen molar-refractivity contribution in [3.8, 4) is 5.75 Å². The predicted molar refractivity (Wildman–Crippen MR) is 84.4 cm³/mol. The van der Waals surface area contributed by atoms with Gasteiger partial charge in [-0.05, 0) is 79.4 Å². The molecule has 0 amide bonds. The minimum Gasteiger partial charge on any atom is -0.480 e. The van der Waals surface area contributed by atoms with Crippen LogP contribution in [0.4, 0.5) is 0 Å². The fourth-order valence-electron chi connectivity index (χ4n) is 5.55. The van der Waals surface area contributed by atoms with Crippen molar-refractivity contribution in [3.05, 3.63) is 28.8 Å². The van der Waals surface area contributed by atoms with Crippen LogP contribution in [0.15, 0.2) is 18.2 Å². The van der Waals surface area contributed by atoms with Crippen molar-refractivity contribution in [2.75, 3.05) is 6.61 Å². The summed E-state index contributed by atoms with van der Waals surface area (Å²) in [4.78, 5) is 10.6. The van der Waals surface area contributed by atoms with Crippen molar-refractivity contribution in [2.24, 2.45) is 17.8 Å². The number of halogens is 1. The molecule has 0 saturated heterocycles. The van der Waals surface area contributed by atoms with Gasteiger partial charge >= 0.3 is 5.97 Å². The Morgan fingerprint density at radius 2 is 1.77 bits per heavy atom. The highest BCUT2D eigenvalue weighted by molar-refractivity contribution is 6.32. The van der Waals surface area contributed by atoms with Gasteiger partial charge in [-0.2, -0.15) is 0 Å². The average Bonchev–Trinajstić information content (AvgIpc) is 2.44. The molecule has 22 heavy (non-hydrogen) atoms. The van der Waals surface area contributed by atoms with Crippen LogP contribution in [0.1, 0.15) is 44.1 Å². The smallest absolute Gasteiger partial charge is 0.341 e. The van der Waals surface area contributed by atoms with Gasteiger partial charge in [0.1, 0.15) is 5.75 Å². The molecule has 1 aromatic rings. The summed E-state index contributed by atoms with van der Waals surface area (Å²) in [7, 11) is 0. The molecule has 0 aromatic heterocycles. The first-order valence-corrected chi connectivity index (χ1v) is 8.56. The van der Waals surface area contributed by atoms with Gasteiger partial charge in [0.15, 0.2) is 6.61 Å². The molecular formula is C18H21ClO3. The van der Waals surface area contributed by atoms with Crippen LogP contribution in [0.5, 0.6) is 5.75 Å². The third-order valence-electron chi connectivity index (χ3n) is 5.93. The second-order valence-corrected chi connectivity index (χ2v) is 7.93. The maximum atomic E-state index is 10.6. The van der Waals surface area contributed by atoms with E-state index in [4.69, 9.17) is 21.4 Å². The van der Waals surface area contributed by atoms with Crippen LogP contribution in [0.25, 0.3) is 0 Å². The molecule has 0 aliphatic heterocycles. The Balaban J connectivity index is 1.60. The average molecular weight is 321 g/mol. The van der Waals surface area contributed by atoms with Crippen molar-refractivity contribution in [1.82, 2.24) is 0 Å². The standard InChI is InChI=1S/C18H21ClO3/c19-15-6-14(1-2-16(15)22-10-17(20)21)18-7-11-3-12(8-18)5-13(4-11)9-18/h1-2,6,11-13H,3-5,7-10H2,(H,20,21). The first-order valence-electron chi connectivity index (χ1n) is 8.19.